The molecule has 0 bridgehead atoms. The third-order valence-corrected chi connectivity index (χ3v) is 8.15. The summed E-state index contributed by atoms with van der Waals surface area (Å²) in [7, 11) is 0. The van der Waals surface area contributed by atoms with Crippen LogP contribution in [0, 0.1) is 13.8 Å². The first kappa shape index (κ1) is 33.9. The molecular formula is C34H36ClF3N2O5. The molecule has 5 rings (SSSR count). The highest BCUT2D eigenvalue weighted by Crippen LogP contribution is 2.35. The molecule has 11 heteroatoms. The first-order chi connectivity index (χ1) is 21.5. The van der Waals surface area contributed by atoms with Gasteiger partial charge in [-0.1, -0.05) is 41.9 Å². The lowest BCUT2D eigenvalue weighted by molar-refractivity contribution is -0.137. The number of benzene rings is 3. The summed E-state index contributed by atoms with van der Waals surface area (Å²) >= 11 is 5.95. The molecule has 1 amide bonds. The van der Waals surface area contributed by atoms with Crippen molar-refractivity contribution in [3.8, 4) is 11.5 Å². The number of carbonyl (C=O) groups excluding carboxylic acids is 1. The Balaban J connectivity index is 0.00000148. The summed E-state index contributed by atoms with van der Waals surface area (Å²) in [5, 5.41) is 10.2. The Labute approximate surface area is 265 Å². The molecule has 0 aromatic heterocycles. The minimum Gasteiger partial charge on any atom is -0.490 e. The van der Waals surface area contributed by atoms with Crippen LogP contribution in [0.15, 0.2) is 66.2 Å². The van der Waals surface area contributed by atoms with Crippen LogP contribution in [-0.4, -0.2) is 54.7 Å². The lowest BCUT2D eigenvalue weighted by Gasteiger charge is -2.29. The molecule has 0 spiro atoms. The zero-order valence-corrected chi connectivity index (χ0v) is 25.9. The molecule has 2 aliphatic rings. The summed E-state index contributed by atoms with van der Waals surface area (Å²) < 4.78 is 49.8. The number of halogens is 4. The van der Waals surface area contributed by atoms with E-state index in [2.05, 4.69) is 37.4 Å². The van der Waals surface area contributed by atoms with Gasteiger partial charge in [0.05, 0.1) is 10.6 Å². The van der Waals surface area contributed by atoms with E-state index in [-0.39, 0.29) is 42.4 Å². The number of rotatable bonds is 10. The van der Waals surface area contributed by atoms with Gasteiger partial charge in [-0.15, -0.1) is 0 Å². The van der Waals surface area contributed by atoms with Gasteiger partial charge in [0.25, 0.3) is 12.4 Å². The van der Waals surface area contributed by atoms with Gasteiger partial charge < -0.3 is 24.8 Å². The Bertz CT molecular complexity index is 1520. The zero-order valence-electron chi connectivity index (χ0n) is 25.1. The summed E-state index contributed by atoms with van der Waals surface area (Å²) in [5.41, 5.74) is 5.68. The smallest absolute Gasteiger partial charge is 0.416 e. The number of aryl methyl sites for hydroxylation is 1. The Hall–Kier alpha value is -4.02. The van der Waals surface area contributed by atoms with Crippen LogP contribution >= 0.6 is 11.6 Å². The van der Waals surface area contributed by atoms with Gasteiger partial charge in [-0.05, 0) is 97.8 Å². The summed E-state index contributed by atoms with van der Waals surface area (Å²) in [4.78, 5) is 24.3. The van der Waals surface area contributed by atoms with Crippen LogP contribution < -0.4 is 14.8 Å². The standard InChI is InChI=1S/C33H34ClF3N2O3.CH2O2/c1-21-4-3-5-24(22(21)2)20-39(26-9-10-26)32(40)29-19-38-15-14-28(29)23-6-11-27(12-7-23)41-16-17-42-31-13-8-25(18-30(31)34)33(35,36)37;2-1-3/h3-8,11-13,18,26,38H,9-10,14-17,19-20H2,1-2H3;1H,(H,2,3). The van der Waals surface area contributed by atoms with Crippen molar-refractivity contribution in [2.45, 2.75) is 51.9 Å². The maximum Gasteiger partial charge on any atom is 0.416 e. The normalized spacial score (nSPS) is 14.7. The van der Waals surface area contributed by atoms with Crippen LogP contribution in [0.2, 0.25) is 5.02 Å². The molecule has 1 fully saturated rings. The third-order valence-electron chi connectivity index (χ3n) is 7.85. The molecule has 1 aliphatic heterocycles. The van der Waals surface area contributed by atoms with E-state index in [1.165, 1.54) is 22.8 Å². The van der Waals surface area contributed by atoms with Crippen LogP contribution in [0.1, 0.15) is 47.1 Å². The molecule has 0 atom stereocenters. The number of hydrogen-bond acceptors (Lipinski definition) is 5. The minimum absolute atomic E-state index is 0.0972. The van der Waals surface area contributed by atoms with Crippen LogP contribution in [0.4, 0.5) is 13.2 Å². The summed E-state index contributed by atoms with van der Waals surface area (Å²) in [6, 6.07) is 17.2. The maximum absolute atomic E-state index is 13.9. The first-order valence-electron chi connectivity index (χ1n) is 14.6. The molecule has 45 heavy (non-hydrogen) atoms. The van der Waals surface area contributed by atoms with E-state index in [1.54, 1.807) is 0 Å². The first-order valence-corrected chi connectivity index (χ1v) is 15.0. The quantitative estimate of drug-likeness (QED) is 0.181. The summed E-state index contributed by atoms with van der Waals surface area (Å²) in [6.45, 7) is 6.21. The average Bonchev–Trinajstić information content (AvgIpc) is 3.86. The second-order valence-corrected chi connectivity index (χ2v) is 11.3. The number of hydrogen-bond donors (Lipinski definition) is 2. The van der Waals surface area contributed by atoms with E-state index in [4.69, 9.17) is 31.0 Å². The van der Waals surface area contributed by atoms with E-state index < -0.39 is 11.7 Å². The number of amides is 1. The molecule has 1 heterocycles. The van der Waals surface area contributed by atoms with Crippen molar-refractivity contribution in [3.05, 3.63) is 99.1 Å². The fourth-order valence-electron chi connectivity index (χ4n) is 5.16. The second kappa shape index (κ2) is 15.3. The van der Waals surface area contributed by atoms with Gasteiger partial charge in [0, 0.05) is 24.7 Å². The highest BCUT2D eigenvalue weighted by Gasteiger charge is 2.35. The topological polar surface area (TPSA) is 88.1 Å². The molecule has 0 radical (unpaired) electrons. The van der Waals surface area contributed by atoms with Gasteiger partial charge in [0.2, 0.25) is 0 Å². The molecule has 7 nitrogen and oxygen atoms in total. The van der Waals surface area contributed by atoms with Gasteiger partial charge in [-0.2, -0.15) is 13.2 Å². The summed E-state index contributed by atoms with van der Waals surface area (Å²) in [5.74, 6) is 0.884. The van der Waals surface area contributed by atoms with Gasteiger partial charge >= 0.3 is 6.18 Å². The van der Waals surface area contributed by atoms with Crippen molar-refractivity contribution in [1.29, 1.82) is 0 Å². The number of carbonyl (C=O) groups is 2. The molecule has 3 aromatic carbocycles. The zero-order chi connectivity index (χ0) is 32.6. The lowest BCUT2D eigenvalue weighted by Crippen LogP contribution is -2.39. The lowest BCUT2D eigenvalue weighted by atomic mass is 9.93. The van der Waals surface area contributed by atoms with Gasteiger partial charge in [-0.3, -0.25) is 9.59 Å². The van der Waals surface area contributed by atoms with E-state index in [0.29, 0.717) is 18.8 Å². The Morgan fingerprint density at radius 3 is 2.40 bits per heavy atom. The molecular weight excluding hydrogens is 609 g/mol. The average molecular weight is 645 g/mol. The molecule has 3 aromatic rings. The van der Waals surface area contributed by atoms with E-state index >= 15 is 0 Å². The van der Waals surface area contributed by atoms with Crippen LogP contribution in [0.25, 0.3) is 5.57 Å². The van der Waals surface area contributed by atoms with Gasteiger partial charge in [-0.25, -0.2) is 0 Å². The number of carboxylic acid groups (broad SMARTS) is 1. The van der Waals surface area contributed by atoms with Crippen molar-refractivity contribution in [1.82, 2.24) is 10.2 Å². The number of alkyl halides is 3. The van der Waals surface area contributed by atoms with Crippen LogP contribution in [-0.2, 0) is 22.3 Å². The minimum atomic E-state index is -4.47. The van der Waals surface area contributed by atoms with E-state index in [0.717, 1.165) is 54.6 Å². The number of nitrogens with one attached hydrogen (secondary N) is 1. The van der Waals surface area contributed by atoms with Crippen LogP contribution in [0.3, 0.4) is 0 Å². The molecule has 0 unspecified atom stereocenters. The third kappa shape index (κ3) is 9.02. The Morgan fingerprint density at radius 2 is 1.76 bits per heavy atom. The predicted molar refractivity (Wildman–Crippen MR) is 166 cm³/mol. The fraction of sp³-hybridized carbons (Fsp3) is 0.353. The molecule has 2 N–H and O–H groups in total. The van der Waals surface area contributed by atoms with Crippen molar-refractivity contribution in [2.24, 2.45) is 0 Å². The SMILES string of the molecule is Cc1cccc(CN(C(=O)C2=C(c3ccc(OCCOc4ccc(C(F)(F)F)cc4Cl)cc3)CCNC2)C2CC2)c1C.O=CO. The summed E-state index contributed by atoms with van der Waals surface area (Å²) in [6.07, 6.45) is -1.64. The van der Waals surface area contributed by atoms with Gasteiger partial charge in [0.15, 0.2) is 0 Å². The highest BCUT2D eigenvalue weighted by molar-refractivity contribution is 6.32. The molecule has 240 valence electrons. The highest BCUT2D eigenvalue weighted by atomic mass is 35.5. The molecule has 0 saturated heterocycles. The predicted octanol–water partition coefficient (Wildman–Crippen LogP) is 7.07. The van der Waals surface area contributed by atoms with Crippen molar-refractivity contribution in [3.63, 3.8) is 0 Å². The van der Waals surface area contributed by atoms with E-state index in [1.807, 2.05) is 29.2 Å². The molecule has 1 aliphatic carbocycles. The molecule has 1 saturated carbocycles. The van der Waals surface area contributed by atoms with Gasteiger partial charge in [0.1, 0.15) is 24.7 Å². The number of nitrogens with zero attached hydrogens (tertiary/aromatic N) is 1. The van der Waals surface area contributed by atoms with E-state index in [9.17, 15) is 18.0 Å². The van der Waals surface area contributed by atoms with Crippen molar-refractivity contribution >= 4 is 29.6 Å². The van der Waals surface area contributed by atoms with Crippen molar-refractivity contribution in [2.75, 3.05) is 26.3 Å². The monoisotopic (exact) mass is 644 g/mol. The number of ether oxygens (including phenoxy) is 2. The largest absolute Gasteiger partial charge is 0.490 e. The Kier molecular flexibility index (Phi) is 11.5. The van der Waals surface area contributed by atoms with Crippen LogP contribution in [0.5, 0.6) is 11.5 Å². The fourth-order valence-corrected chi connectivity index (χ4v) is 5.39. The van der Waals surface area contributed by atoms with Crippen molar-refractivity contribution < 1.29 is 37.3 Å². The maximum atomic E-state index is 13.9. The second-order valence-electron chi connectivity index (χ2n) is 10.9. The Morgan fingerprint density at radius 1 is 1.07 bits per heavy atom.